The van der Waals surface area contributed by atoms with E-state index in [4.69, 9.17) is 5.26 Å². The fraction of sp³-hybridized carbons (Fsp3) is 0.889. The summed E-state index contributed by atoms with van der Waals surface area (Å²) >= 11 is 0. The van der Waals surface area contributed by atoms with Crippen LogP contribution in [0.2, 0.25) is 0 Å². The van der Waals surface area contributed by atoms with Gasteiger partial charge in [0.1, 0.15) is 0 Å². The fourth-order valence-corrected chi connectivity index (χ4v) is 0.828. The van der Waals surface area contributed by atoms with Gasteiger partial charge < -0.3 is 5.32 Å². The van der Waals surface area contributed by atoms with Crippen molar-refractivity contribution < 1.29 is 0 Å². The van der Waals surface area contributed by atoms with E-state index in [1.54, 1.807) is 0 Å². The minimum absolute atomic E-state index is 0.189. The van der Waals surface area contributed by atoms with Gasteiger partial charge in [-0.05, 0) is 18.9 Å². The Balaban J connectivity index is 3.30. The van der Waals surface area contributed by atoms with Crippen LogP contribution < -0.4 is 5.32 Å². The molecule has 0 aliphatic carbocycles. The van der Waals surface area contributed by atoms with Crippen LogP contribution in [-0.2, 0) is 0 Å². The van der Waals surface area contributed by atoms with Crippen molar-refractivity contribution in [1.29, 1.82) is 5.26 Å². The van der Waals surface area contributed by atoms with Crippen molar-refractivity contribution in [3.63, 3.8) is 0 Å². The first kappa shape index (κ1) is 10.4. The summed E-state index contributed by atoms with van der Waals surface area (Å²) in [6.07, 6.45) is 0.946. The molecule has 0 aliphatic heterocycles. The molecule has 0 saturated carbocycles. The molecule has 2 heteroatoms. The number of hydrogen-bond donors (Lipinski definition) is 1. The lowest BCUT2D eigenvalue weighted by atomic mass is 10.1. The van der Waals surface area contributed by atoms with Gasteiger partial charge in [-0.2, -0.15) is 5.26 Å². The van der Waals surface area contributed by atoms with Gasteiger partial charge in [0.05, 0.1) is 12.0 Å². The van der Waals surface area contributed by atoms with E-state index >= 15 is 0 Å². The maximum Gasteiger partial charge on any atom is 0.0669 e. The molecule has 0 bridgehead atoms. The monoisotopic (exact) mass is 154 g/mol. The summed E-state index contributed by atoms with van der Waals surface area (Å²) in [7, 11) is 0. The minimum Gasteiger partial charge on any atom is -0.315 e. The van der Waals surface area contributed by atoms with Gasteiger partial charge in [-0.25, -0.2) is 0 Å². The van der Waals surface area contributed by atoms with E-state index in [0.29, 0.717) is 5.92 Å². The predicted molar refractivity (Wildman–Crippen MR) is 47.1 cm³/mol. The number of nitriles is 1. The van der Waals surface area contributed by atoms with Crippen LogP contribution in [-0.4, -0.2) is 13.1 Å². The summed E-state index contributed by atoms with van der Waals surface area (Å²) in [5.41, 5.74) is 0. The molecular formula is C9H18N2. The van der Waals surface area contributed by atoms with Crippen molar-refractivity contribution in [3.8, 4) is 6.07 Å². The molecule has 0 aliphatic rings. The maximum atomic E-state index is 8.60. The second-order valence-corrected chi connectivity index (χ2v) is 3.29. The summed E-state index contributed by atoms with van der Waals surface area (Å²) in [6.45, 7) is 8.23. The van der Waals surface area contributed by atoms with Crippen molar-refractivity contribution in [3.05, 3.63) is 0 Å². The molecule has 1 atom stereocenters. The highest BCUT2D eigenvalue weighted by Gasteiger charge is 2.02. The number of rotatable bonds is 5. The smallest absolute Gasteiger partial charge is 0.0669 e. The highest BCUT2D eigenvalue weighted by Crippen LogP contribution is 1.98. The largest absolute Gasteiger partial charge is 0.315 e. The molecule has 11 heavy (non-hydrogen) atoms. The highest BCUT2D eigenvalue weighted by atomic mass is 14.9. The van der Waals surface area contributed by atoms with Gasteiger partial charge in [-0.15, -0.1) is 0 Å². The van der Waals surface area contributed by atoms with Crippen LogP contribution >= 0.6 is 0 Å². The van der Waals surface area contributed by atoms with Gasteiger partial charge in [-0.3, -0.25) is 0 Å². The first-order valence-corrected chi connectivity index (χ1v) is 4.31. The lowest BCUT2D eigenvalue weighted by Gasteiger charge is -2.09. The summed E-state index contributed by atoms with van der Waals surface area (Å²) < 4.78 is 0. The normalized spacial score (nSPS) is 13.0. The molecule has 0 fully saturated rings. The van der Waals surface area contributed by atoms with Crippen LogP contribution in [0.15, 0.2) is 0 Å². The van der Waals surface area contributed by atoms with E-state index in [2.05, 4.69) is 25.2 Å². The first-order valence-electron chi connectivity index (χ1n) is 4.31. The molecule has 1 N–H and O–H groups in total. The van der Waals surface area contributed by atoms with Crippen LogP contribution in [0.5, 0.6) is 0 Å². The molecule has 0 aromatic heterocycles. The van der Waals surface area contributed by atoms with E-state index in [1.807, 2.05) is 6.92 Å². The van der Waals surface area contributed by atoms with E-state index in [0.717, 1.165) is 19.5 Å². The highest BCUT2D eigenvalue weighted by molar-refractivity contribution is 4.82. The zero-order valence-corrected chi connectivity index (χ0v) is 7.72. The molecular weight excluding hydrogens is 136 g/mol. The van der Waals surface area contributed by atoms with E-state index < -0.39 is 0 Å². The van der Waals surface area contributed by atoms with Crippen molar-refractivity contribution in [2.24, 2.45) is 11.8 Å². The van der Waals surface area contributed by atoms with Crippen LogP contribution in [0.4, 0.5) is 0 Å². The van der Waals surface area contributed by atoms with Gasteiger partial charge in [0, 0.05) is 6.54 Å². The van der Waals surface area contributed by atoms with Gasteiger partial charge in [-0.1, -0.05) is 20.8 Å². The van der Waals surface area contributed by atoms with E-state index in [9.17, 15) is 0 Å². The summed E-state index contributed by atoms with van der Waals surface area (Å²) in [6, 6.07) is 2.26. The Kier molecular flexibility index (Phi) is 5.87. The number of nitrogens with zero attached hydrogens (tertiary/aromatic N) is 1. The van der Waals surface area contributed by atoms with Crippen molar-refractivity contribution in [1.82, 2.24) is 5.32 Å². The zero-order chi connectivity index (χ0) is 8.69. The molecule has 2 nitrogen and oxygen atoms in total. The Morgan fingerprint density at radius 1 is 1.36 bits per heavy atom. The Hall–Kier alpha value is -0.550. The standard InChI is InChI=1S/C9H18N2/c1-4-9(5-10)7-11-6-8(2)3/h8-9,11H,4,6-7H2,1-3H3. The fourth-order valence-electron chi connectivity index (χ4n) is 0.828. The van der Waals surface area contributed by atoms with Gasteiger partial charge in [0.15, 0.2) is 0 Å². The lowest BCUT2D eigenvalue weighted by molar-refractivity contribution is 0.499. The van der Waals surface area contributed by atoms with Crippen LogP contribution in [0, 0.1) is 23.2 Å². The number of nitrogens with one attached hydrogen (secondary N) is 1. The summed E-state index contributed by atoms with van der Waals surface area (Å²) in [5, 5.41) is 11.9. The average Bonchev–Trinajstić information content (AvgIpc) is 1.98. The maximum absolute atomic E-state index is 8.60. The van der Waals surface area contributed by atoms with Crippen molar-refractivity contribution in [2.45, 2.75) is 27.2 Å². The third-order valence-corrected chi connectivity index (χ3v) is 1.62. The van der Waals surface area contributed by atoms with Crippen LogP contribution in [0.3, 0.4) is 0 Å². The van der Waals surface area contributed by atoms with Crippen molar-refractivity contribution >= 4 is 0 Å². The third kappa shape index (κ3) is 5.87. The van der Waals surface area contributed by atoms with Crippen LogP contribution in [0.1, 0.15) is 27.2 Å². The Labute approximate surface area is 69.6 Å². The lowest BCUT2D eigenvalue weighted by Crippen LogP contribution is -2.25. The SMILES string of the molecule is CCC(C#N)CNCC(C)C. The third-order valence-electron chi connectivity index (χ3n) is 1.62. The summed E-state index contributed by atoms with van der Waals surface area (Å²) in [5.74, 6) is 0.861. The Morgan fingerprint density at radius 3 is 2.36 bits per heavy atom. The molecule has 0 aromatic rings. The van der Waals surface area contributed by atoms with Crippen LogP contribution in [0.25, 0.3) is 0 Å². The Bertz CT molecular complexity index is 124. The van der Waals surface area contributed by atoms with Gasteiger partial charge >= 0.3 is 0 Å². The topological polar surface area (TPSA) is 35.8 Å². The molecule has 0 amide bonds. The summed E-state index contributed by atoms with van der Waals surface area (Å²) in [4.78, 5) is 0. The molecule has 0 spiro atoms. The predicted octanol–water partition coefficient (Wildman–Crippen LogP) is 1.78. The molecule has 64 valence electrons. The Morgan fingerprint density at radius 2 is 2.00 bits per heavy atom. The zero-order valence-electron chi connectivity index (χ0n) is 7.72. The molecule has 0 saturated heterocycles. The second kappa shape index (κ2) is 6.18. The molecule has 0 heterocycles. The van der Waals surface area contributed by atoms with E-state index in [-0.39, 0.29) is 5.92 Å². The molecule has 0 rings (SSSR count). The quantitative estimate of drug-likeness (QED) is 0.655. The molecule has 0 radical (unpaired) electrons. The number of hydrogen-bond acceptors (Lipinski definition) is 2. The van der Waals surface area contributed by atoms with Gasteiger partial charge in [0.25, 0.3) is 0 Å². The molecule has 0 aromatic carbocycles. The van der Waals surface area contributed by atoms with Crippen molar-refractivity contribution in [2.75, 3.05) is 13.1 Å². The average molecular weight is 154 g/mol. The van der Waals surface area contributed by atoms with E-state index in [1.165, 1.54) is 0 Å². The second-order valence-electron chi connectivity index (χ2n) is 3.29. The van der Waals surface area contributed by atoms with Gasteiger partial charge in [0.2, 0.25) is 0 Å². The minimum atomic E-state index is 0.189. The molecule has 1 unspecified atom stereocenters. The first-order chi connectivity index (χ1) is 5.20.